The first-order valence-electron chi connectivity index (χ1n) is 4.34. The van der Waals surface area contributed by atoms with Crippen molar-refractivity contribution in [3.05, 3.63) is 29.8 Å². The molecule has 1 aromatic rings. The van der Waals surface area contributed by atoms with Gasteiger partial charge < -0.3 is 5.73 Å². The average Bonchev–Trinajstić information content (AvgIpc) is 2.54. The van der Waals surface area contributed by atoms with E-state index in [-0.39, 0.29) is 0 Å². The Hall–Kier alpha value is -0.700. The normalized spacial score (nSPS) is 27.8. The van der Waals surface area contributed by atoms with Crippen molar-refractivity contribution in [3.63, 3.8) is 0 Å². The second-order valence-electron chi connectivity index (χ2n) is 3.36. The molecule has 1 atom stereocenters. The fourth-order valence-corrected chi connectivity index (χ4v) is 2.89. The number of hydrogen-bond donors (Lipinski definition) is 1. The van der Waals surface area contributed by atoms with E-state index in [1.807, 2.05) is 12.1 Å². The molecule has 1 saturated heterocycles. The molecule has 0 spiro atoms. The third-order valence-corrected chi connectivity index (χ3v) is 3.57. The van der Waals surface area contributed by atoms with Crippen LogP contribution in [0.25, 0.3) is 0 Å². The summed E-state index contributed by atoms with van der Waals surface area (Å²) in [5, 5.41) is 0. The molecule has 2 rings (SSSR count). The Morgan fingerprint density at radius 3 is 2.77 bits per heavy atom. The Labute approximate surface area is 81.5 Å². The van der Waals surface area contributed by atoms with Gasteiger partial charge in [-0.2, -0.15) is 11.8 Å². The number of hydrogen-bond acceptors (Lipinski definition) is 2. The summed E-state index contributed by atoms with van der Waals surface area (Å²) in [6.45, 7) is 0. The van der Waals surface area contributed by atoms with Gasteiger partial charge in [0.2, 0.25) is 0 Å². The van der Waals surface area contributed by atoms with Crippen molar-refractivity contribution in [1.82, 2.24) is 0 Å². The fraction of sp³-hybridized carbons (Fsp3) is 0.400. The Morgan fingerprint density at radius 2 is 2.15 bits per heavy atom. The zero-order chi connectivity index (χ0) is 9.31. The number of rotatable bonds is 1. The van der Waals surface area contributed by atoms with Crippen molar-refractivity contribution >= 4 is 17.4 Å². The van der Waals surface area contributed by atoms with Crippen molar-refractivity contribution in [1.29, 1.82) is 0 Å². The van der Waals surface area contributed by atoms with Crippen molar-refractivity contribution in [2.75, 3.05) is 17.2 Å². The van der Waals surface area contributed by atoms with Crippen LogP contribution in [0.4, 0.5) is 10.1 Å². The number of alkyl halides is 1. The Morgan fingerprint density at radius 1 is 1.38 bits per heavy atom. The number of nitrogen functional groups attached to an aromatic ring is 1. The van der Waals surface area contributed by atoms with E-state index in [9.17, 15) is 4.39 Å². The molecule has 0 saturated carbocycles. The molecule has 70 valence electrons. The summed E-state index contributed by atoms with van der Waals surface area (Å²) < 4.78 is 14.2. The number of benzene rings is 1. The molecule has 1 nitrogen and oxygen atoms in total. The highest BCUT2D eigenvalue weighted by Crippen LogP contribution is 2.42. The number of para-hydroxylation sites is 1. The van der Waals surface area contributed by atoms with Gasteiger partial charge in [0.1, 0.15) is 5.67 Å². The summed E-state index contributed by atoms with van der Waals surface area (Å²) in [4.78, 5) is 0. The summed E-state index contributed by atoms with van der Waals surface area (Å²) in [6, 6.07) is 7.24. The lowest BCUT2D eigenvalue weighted by Crippen LogP contribution is -2.20. The van der Waals surface area contributed by atoms with Crippen LogP contribution in [0.1, 0.15) is 12.0 Å². The lowest BCUT2D eigenvalue weighted by Gasteiger charge is -2.20. The molecule has 13 heavy (non-hydrogen) atoms. The lowest BCUT2D eigenvalue weighted by molar-refractivity contribution is 0.203. The molecule has 0 radical (unpaired) electrons. The van der Waals surface area contributed by atoms with Gasteiger partial charge in [0.25, 0.3) is 0 Å². The number of nitrogens with two attached hydrogens (primary N) is 1. The predicted molar refractivity (Wildman–Crippen MR) is 55.6 cm³/mol. The van der Waals surface area contributed by atoms with Crippen molar-refractivity contribution in [3.8, 4) is 0 Å². The van der Waals surface area contributed by atoms with Crippen LogP contribution in [0, 0.1) is 0 Å². The minimum absolute atomic E-state index is 0.543. The van der Waals surface area contributed by atoms with Gasteiger partial charge in [-0.25, -0.2) is 4.39 Å². The average molecular weight is 197 g/mol. The zero-order valence-corrected chi connectivity index (χ0v) is 8.11. The molecular formula is C10H12FNS. The smallest absolute Gasteiger partial charge is 0.147 e. The molecule has 1 heterocycles. The van der Waals surface area contributed by atoms with E-state index in [1.54, 1.807) is 23.9 Å². The van der Waals surface area contributed by atoms with E-state index in [4.69, 9.17) is 5.73 Å². The van der Waals surface area contributed by atoms with Gasteiger partial charge in [-0.1, -0.05) is 18.2 Å². The first-order chi connectivity index (χ1) is 6.22. The predicted octanol–water partition coefficient (Wildman–Crippen LogP) is 2.57. The van der Waals surface area contributed by atoms with E-state index >= 15 is 0 Å². The standard InChI is InChI=1S/C10H12FNS/c11-10(5-6-13-7-10)8-3-1-2-4-9(8)12/h1-4H,5-7,12H2. The highest BCUT2D eigenvalue weighted by molar-refractivity contribution is 7.99. The van der Waals surface area contributed by atoms with Gasteiger partial charge in [-0.3, -0.25) is 0 Å². The third-order valence-electron chi connectivity index (χ3n) is 2.42. The molecule has 1 fully saturated rings. The van der Waals surface area contributed by atoms with E-state index < -0.39 is 5.67 Å². The summed E-state index contributed by atoms with van der Waals surface area (Å²) >= 11 is 1.65. The second kappa shape index (κ2) is 3.22. The SMILES string of the molecule is Nc1ccccc1C1(F)CCSC1. The van der Waals surface area contributed by atoms with Crippen LogP contribution in [-0.4, -0.2) is 11.5 Å². The van der Waals surface area contributed by atoms with Crippen LogP contribution in [0.15, 0.2) is 24.3 Å². The maximum absolute atomic E-state index is 14.2. The third kappa shape index (κ3) is 1.53. The summed E-state index contributed by atoms with van der Waals surface area (Å²) in [7, 11) is 0. The molecule has 0 amide bonds. The molecule has 1 aliphatic rings. The van der Waals surface area contributed by atoms with E-state index in [2.05, 4.69) is 0 Å². The van der Waals surface area contributed by atoms with Crippen LogP contribution in [0.2, 0.25) is 0 Å². The minimum atomic E-state index is -1.18. The molecular weight excluding hydrogens is 185 g/mol. The number of anilines is 1. The Balaban J connectivity index is 2.39. The minimum Gasteiger partial charge on any atom is -0.398 e. The second-order valence-corrected chi connectivity index (χ2v) is 4.46. The topological polar surface area (TPSA) is 26.0 Å². The summed E-state index contributed by atoms with van der Waals surface area (Å²) in [5.74, 6) is 1.44. The zero-order valence-electron chi connectivity index (χ0n) is 7.29. The van der Waals surface area contributed by atoms with Crippen molar-refractivity contribution in [2.24, 2.45) is 0 Å². The highest BCUT2D eigenvalue weighted by Gasteiger charge is 2.37. The quantitative estimate of drug-likeness (QED) is 0.700. The van der Waals surface area contributed by atoms with Gasteiger partial charge in [0.05, 0.1) is 0 Å². The molecule has 1 unspecified atom stereocenters. The van der Waals surface area contributed by atoms with Crippen LogP contribution in [0.5, 0.6) is 0 Å². The molecule has 1 aliphatic heterocycles. The Kier molecular flexibility index (Phi) is 2.20. The molecule has 0 bridgehead atoms. The van der Waals surface area contributed by atoms with Crippen molar-refractivity contribution < 1.29 is 4.39 Å². The van der Waals surface area contributed by atoms with Gasteiger partial charge in [0.15, 0.2) is 0 Å². The summed E-state index contributed by atoms with van der Waals surface area (Å²) in [6.07, 6.45) is 0.589. The lowest BCUT2D eigenvalue weighted by atomic mass is 9.94. The van der Waals surface area contributed by atoms with E-state index in [0.29, 0.717) is 23.4 Å². The Bertz CT molecular complexity index is 308. The summed E-state index contributed by atoms with van der Waals surface area (Å²) in [5.41, 5.74) is 5.79. The van der Waals surface area contributed by atoms with E-state index in [0.717, 1.165) is 5.75 Å². The monoisotopic (exact) mass is 197 g/mol. The molecule has 2 N–H and O–H groups in total. The van der Waals surface area contributed by atoms with Crippen LogP contribution >= 0.6 is 11.8 Å². The van der Waals surface area contributed by atoms with Crippen molar-refractivity contribution in [2.45, 2.75) is 12.1 Å². The first kappa shape index (κ1) is 8.88. The van der Waals surface area contributed by atoms with Crippen LogP contribution in [-0.2, 0) is 5.67 Å². The maximum Gasteiger partial charge on any atom is 0.147 e. The molecule has 0 aliphatic carbocycles. The largest absolute Gasteiger partial charge is 0.398 e. The molecule has 3 heteroatoms. The number of thioether (sulfide) groups is 1. The molecule has 0 aromatic heterocycles. The van der Waals surface area contributed by atoms with Gasteiger partial charge in [0, 0.05) is 17.0 Å². The van der Waals surface area contributed by atoms with Gasteiger partial charge in [-0.15, -0.1) is 0 Å². The maximum atomic E-state index is 14.2. The number of halogens is 1. The van der Waals surface area contributed by atoms with Gasteiger partial charge >= 0.3 is 0 Å². The van der Waals surface area contributed by atoms with Crippen LogP contribution in [0.3, 0.4) is 0 Å². The highest BCUT2D eigenvalue weighted by atomic mass is 32.2. The van der Waals surface area contributed by atoms with Crippen LogP contribution < -0.4 is 5.73 Å². The first-order valence-corrected chi connectivity index (χ1v) is 5.49. The van der Waals surface area contributed by atoms with Gasteiger partial charge in [-0.05, 0) is 18.2 Å². The fourth-order valence-electron chi connectivity index (χ4n) is 1.66. The molecule has 1 aromatic carbocycles. The van der Waals surface area contributed by atoms with E-state index in [1.165, 1.54) is 0 Å².